The second kappa shape index (κ2) is 10.4. The Labute approximate surface area is 201 Å². The van der Waals surface area contributed by atoms with Gasteiger partial charge in [0.25, 0.3) is 0 Å². The molecule has 184 valence electrons. The molecule has 0 spiro atoms. The molecule has 0 radical (unpaired) electrons. The van der Waals surface area contributed by atoms with Crippen LogP contribution in [0.25, 0.3) is 0 Å². The highest BCUT2D eigenvalue weighted by atomic mass is 16.7. The van der Waals surface area contributed by atoms with Crippen molar-refractivity contribution in [1.82, 2.24) is 4.90 Å². The van der Waals surface area contributed by atoms with Gasteiger partial charge in [0, 0.05) is 24.2 Å². The monoisotopic (exact) mass is 468 g/mol. The van der Waals surface area contributed by atoms with Gasteiger partial charge in [0.05, 0.1) is 18.8 Å². The minimum atomic E-state index is -0.563. The van der Waals surface area contributed by atoms with Crippen molar-refractivity contribution in [2.24, 2.45) is 0 Å². The lowest BCUT2D eigenvalue weighted by atomic mass is 9.99. The summed E-state index contributed by atoms with van der Waals surface area (Å²) in [6.07, 6.45) is 1.54. The third-order valence-corrected chi connectivity index (χ3v) is 6.28. The van der Waals surface area contributed by atoms with Gasteiger partial charge in [0.1, 0.15) is 11.6 Å². The fourth-order valence-electron chi connectivity index (χ4n) is 4.68. The number of rotatable bonds is 6. The second-order valence-corrected chi connectivity index (χ2v) is 10.2. The number of anilines is 1. The zero-order valence-electron chi connectivity index (χ0n) is 20.3. The Balaban J connectivity index is 1.53. The van der Waals surface area contributed by atoms with Gasteiger partial charge < -0.3 is 25.1 Å². The van der Waals surface area contributed by atoms with Gasteiger partial charge in [0.2, 0.25) is 0 Å². The predicted octanol–water partition coefficient (Wildman–Crippen LogP) is 4.11. The molecular formula is C27H36N2O5. The largest absolute Gasteiger partial charge is 0.459 e. The molecule has 0 bridgehead atoms. The van der Waals surface area contributed by atoms with Crippen molar-refractivity contribution in [3.05, 3.63) is 65.2 Å². The number of nitrogens with two attached hydrogens (primary N) is 1. The third kappa shape index (κ3) is 6.16. The summed E-state index contributed by atoms with van der Waals surface area (Å²) in [5, 5.41) is 9.39. The molecule has 2 aromatic rings. The first kappa shape index (κ1) is 24.7. The van der Waals surface area contributed by atoms with Gasteiger partial charge in [-0.1, -0.05) is 36.4 Å². The summed E-state index contributed by atoms with van der Waals surface area (Å²) in [6.45, 7) is 7.16. The summed E-state index contributed by atoms with van der Waals surface area (Å²) >= 11 is 0. The van der Waals surface area contributed by atoms with E-state index in [0.29, 0.717) is 18.7 Å². The molecule has 0 aliphatic carbocycles. The molecule has 3 N–H and O–H groups in total. The number of carbonyl (C=O) groups is 1. The van der Waals surface area contributed by atoms with E-state index in [9.17, 15) is 9.90 Å². The van der Waals surface area contributed by atoms with Crippen LogP contribution in [0.15, 0.2) is 48.5 Å². The summed E-state index contributed by atoms with van der Waals surface area (Å²) in [7, 11) is 0. The summed E-state index contributed by atoms with van der Waals surface area (Å²) < 4.78 is 18.5. The fraction of sp³-hybridized carbons (Fsp3) is 0.519. The van der Waals surface area contributed by atoms with Crippen molar-refractivity contribution in [3.8, 4) is 0 Å². The molecule has 2 saturated heterocycles. The van der Waals surface area contributed by atoms with Crippen molar-refractivity contribution < 1.29 is 24.1 Å². The normalized spacial score (nSPS) is 25.9. The summed E-state index contributed by atoms with van der Waals surface area (Å²) in [6, 6.07) is 15.1. The molecule has 7 heteroatoms. The number of nitrogens with zero attached hydrogens (tertiary/aromatic N) is 1. The Morgan fingerprint density at radius 1 is 1.15 bits per heavy atom. The van der Waals surface area contributed by atoms with Gasteiger partial charge in [0.15, 0.2) is 6.29 Å². The molecule has 0 amide bonds. The molecule has 2 heterocycles. The van der Waals surface area contributed by atoms with E-state index in [-0.39, 0.29) is 30.8 Å². The van der Waals surface area contributed by atoms with Crippen molar-refractivity contribution in [1.29, 1.82) is 0 Å². The van der Waals surface area contributed by atoms with E-state index in [0.717, 1.165) is 36.1 Å². The van der Waals surface area contributed by atoms with E-state index in [1.807, 2.05) is 69.3 Å². The van der Waals surface area contributed by atoms with Crippen LogP contribution in [-0.2, 0) is 25.6 Å². The molecule has 4 rings (SSSR count). The third-order valence-electron chi connectivity index (χ3n) is 6.28. The van der Waals surface area contributed by atoms with Gasteiger partial charge in [-0.05, 0) is 63.4 Å². The minimum Gasteiger partial charge on any atom is -0.459 e. The maximum Gasteiger partial charge on any atom is 0.323 e. The lowest BCUT2D eigenvalue weighted by Gasteiger charge is -2.38. The highest BCUT2D eigenvalue weighted by Crippen LogP contribution is 2.39. The van der Waals surface area contributed by atoms with Crippen LogP contribution in [0, 0.1) is 0 Å². The smallest absolute Gasteiger partial charge is 0.323 e. The first-order chi connectivity index (χ1) is 16.2. The quantitative estimate of drug-likeness (QED) is 0.487. The summed E-state index contributed by atoms with van der Waals surface area (Å²) in [4.78, 5) is 15.0. The van der Waals surface area contributed by atoms with Crippen LogP contribution in [-0.4, -0.2) is 46.8 Å². The number of carbonyl (C=O) groups excluding carboxylic acids is 1. The Morgan fingerprint density at radius 3 is 2.59 bits per heavy atom. The van der Waals surface area contributed by atoms with Crippen LogP contribution in [0.2, 0.25) is 0 Å². The Morgan fingerprint density at radius 2 is 1.91 bits per heavy atom. The van der Waals surface area contributed by atoms with Gasteiger partial charge >= 0.3 is 5.97 Å². The molecular weight excluding hydrogens is 432 g/mol. The average Bonchev–Trinajstić information content (AvgIpc) is 3.26. The number of hydrogen-bond acceptors (Lipinski definition) is 7. The number of benzene rings is 2. The van der Waals surface area contributed by atoms with E-state index in [1.54, 1.807) is 0 Å². The van der Waals surface area contributed by atoms with Gasteiger partial charge in [-0.3, -0.25) is 9.69 Å². The van der Waals surface area contributed by atoms with E-state index in [4.69, 9.17) is 19.9 Å². The molecule has 2 aliphatic rings. The van der Waals surface area contributed by atoms with Gasteiger partial charge in [-0.15, -0.1) is 0 Å². The van der Waals surface area contributed by atoms with Crippen LogP contribution in [0.5, 0.6) is 0 Å². The topological polar surface area (TPSA) is 94.2 Å². The lowest BCUT2D eigenvalue weighted by molar-refractivity contribution is -0.253. The van der Waals surface area contributed by atoms with Crippen LogP contribution in [0.4, 0.5) is 5.69 Å². The molecule has 2 fully saturated rings. The standard InChI is InChI=1S/C27H36N2O5/c1-27(2,3)34-25(31)23-8-5-13-29(23)16-22-15-24(19-11-9-18(17-30)10-12-19)33-26(32-22)20-6-4-7-21(28)14-20/h4,6-7,9-12,14,22-24,26,30H,5,8,13,15-17,28H2,1-3H3/t22-,23+,24+,26+/m1/s1. The number of hydrogen-bond donors (Lipinski definition) is 2. The van der Waals surface area contributed by atoms with Crippen LogP contribution < -0.4 is 5.73 Å². The molecule has 4 atom stereocenters. The number of nitrogen functional groups attached to an aromatic ring is 1. The van der Waals surface area contributed by atoms with Crippen molar-refractivity contribution in [3.63, 3.8) is 0 Å². The molecule has 0 aromatic heterocycles. The molecule has 0 saturated carbocycles. The van der Waals surface area contributed by atoms with Gasteiger partial charge in [-0.2, -0.15) is 0 Å². The number of aliphatic hydroxyl groups is 1. The zero-order chi connectivity index (χ0) is 24.3. The highest BCUT2D eigenvalue weighted by molar-refractivity contribution is 5.76. The first-order valence-corrected chi connectivity index (χ1v) is 12.0. The molecule has 2 aliphatic heterocycles. The van der Waals surface area contributed by atoms with Crippen LogP contribution in [0.1, 0.15) is 69.1 Å². The number of aliphatic hydroxyl groups excluding tert-OH is 1. The minimum absolute atomic E-state index is 0.00444. The molecule has 34 heavy (non-hydrogen) atoms. The van der Waals surface area contributed by atoms with Crippen molar-refractivity contribution in [2.45, 2.75) is 76.8 Å². The Bertz CT molecular complexity index is 972. The predicted molar refractivity (Wildman–Crippen MR) is 130 cm³/mol. The van der Waals surface area contributed by atoms with E-state index in [1.165, 1.54) is 0 Å². The fourth-order valence-corrected chi connectivity index (χ4v) is 4.68. The maximum absolute atomic E-state index is 12.8. The Kier molecular flexibility index (Phi) is 7.57. The molecule has 2 aromatic carbocycles. The maximum atomic E-state index is 12.8. The SMILES string of the molecule is CC(C)(C)OC(=O)[C@@H]1CCCN1C[C@H]1C[C@@H](c2ccc(CO)cc2)O[C@@H](c2cccc(N)c2)O1. The van der Waals surface area contributed by atoms with E-state index >= 15 is 0 Å². The summed E-state index contributed by atoms with van der Waals surface area (Å²) in [5.41, 5.74) is 8.92. The highest BCUT2D eigenvalue weighted by Gasteiger charge is 2.38. The zero-order valence-corrected chi connectivity index (χ0v) is 20.3. The number of esters is 1. The van der Waals surface area contributed by atoms with Gasteiger partial charge in [-0.25, -0.2) is 0 Å². The Hall–Kier alpha value is -2.45. The first-order valence-electron chi connectivity index (χ1n) is 12.0. The van der Waals surface area contributed by atoms with Crippen molar-refractivity contribution >= 4 is 11.7 Å². The molecule has 0 unspecified atom stereocenters. The summed E-state index contributed by atoms with van der Waals surface area (Å²) in [5.74, 6) is -0.166. The number of ether oxygens (including phenoxy) is 3. The average molecular weight is 469 g/mol. The molecule has 7 nitrogen and oxygen atoms in total. The van der Waals surface area contributed by atoms with E-state index < -0.39 is 11.9 Å². The van der Waals surface area contributed by atoms with Crippen LogP contribution in [0.3, 0.4) is 0 Å². The van der Waals surface area contributed by atoms with E-state index in [2.05, 4.69) is 4.90 Å². The van der Waals surface area contributed by atoms with Crippen LogP contribution >= 0.6 is 0 Å². The lowest BCUT2D eigenvalue weighted by Crippen LogP contribution is -2.45. The number of likely N-dealkylation sites (tertiary alicyclic amines) is 1. The second-order valence-electron chi connectivity index (χ2n) is 10.2. The van der Waals surface area contributed by atoms with Crippen molar-refractivity contribution in [2.75, 3.05) is 18.8 Å².